The van der Waals surface area contributed by atoms with E-state index in [-0.39, 0.29) is 11.4 Å². The Morgan fingerprint density at radius 3 is 2.47 bits per heavy atom. The predicted octanol–water partition coefficient (Wildman–Crippen LogP) is 2.56. The Balaban J connectivity index is 1.77. The number of aromatic nitrogens is 1. The van der Waals surface area contributed by atoms with Crippen molar-refractivity contribution >= 4 is 22.1 Å². The highest BCUT2D eigenvalue weighted by molar-refractivity contribution is 7.89. The maximum Gasteiger partial charge on any atom is 0.255 e. The van der Waals surface area contributed by atoms with E-state index in [4.69, 9.17) is 0 Å². The van der Waals surface area contributed by atoms with Crippen LogP contribution in [0.4, 0.5) is 4.39 Å². The Kier molecular flexibility index (Phi) is 6.99. The molecule has 1 aromatic heterocycles. The van der Waals surface area contributed by atoms with Gasteiger partial charge in [0.1, 0.15) is 5.82 Å². The fraction of sp³-hybridized carbons (Fsp3) is 0.0952. The molecular formula is C21H19FN4O3S. The zero-order chi connectivity index (χ0) is 21.4. The second kappa shape index (κ2) is 9.86. The molecule has 0 radical (unpaired) electrons. The van der Waals surface area contributed by atoms with E-state index >= 15 is 0 Å². The fourth-order valence-electron chi connectivity index (χ4n) is 2.59. The van der Waals surface area contributed by atoms with Crippen LogP contribution in [0, 0.1) is 5.82 Å². The second-order valence-corrected chi connectivity index (χ2v) is 8.23. The van der Waals surface area contributed by atoms with Crippen LogP contribution in [0.5, 0.6) is 0 Å². The summed E-state index contributed by atoms with van der Waals surface area (Å²) in [5.41, 5.74) is 3.54. The monoisotopic (exact) mass is 426 g/mol. The van der Waals surface area contributed by atoms with Gasteiger partial charge in [0.25, 0.3) is 5.91 Å². The van der Waals surface area contributed by atoms with Crippen molar-refractivity contribution in [1.29, 1.82) is 0 Å². The van der Waals surface area contributed by atoms with E-state index in [0.717, 1.165) is 4.31 Å². The van der Waals surface area contributed by atoms with Crippen LogP contribution >= 0.6 is 0 Å². The Morgan fingerprint density at radius 2 is 1.80 bits per heavy atom. The highest BCUT2D eigenvalue weighted by Gasteiger charge is 2.26. The van der Waals surface area contributed by atoms with Gasteiger partial charge < -0.3 is 0 Å². The van der Waals surface area contributed by atoms with Crippen LogP contribution < -0.4 is 5.43 Å². The van der Waals surface area contributed by atoms with Crippen LogP contribution in [-0.2, 0) is 21.4 Å². The van der Waals surface area contributed by atoms with Crippen LogP contribution in [-0.4, -0.2) is 36.4 Å². The molecule has 0 spiro atoms. The average molecular weight is 426 g/mol. The highest BCUT2D eigenvalue weighted by atomic mass is 32.2. The van der Waals surface area contributed by atoms with E-state index in [1.54, 1.807) is 42.7 Å². The first kappa shape index (κ1) is 21.3. The summed E-state index contributed by atoms with van der Waals surface area (Å²) < 4.78 is 40.3. The van der Waals surface area contributed by atoms with E-state index in [1.165, 1.54) is 42.6 Å². The van der Waals surface area contributed by atoms with E-state index < -0.39 is 28.3 Å². The number of amides is 1. The SMILES string of the molecule is O=C(CN(Cc1ccc(F)cc1)S(=O)(=O)c1ccccc1)N/N=C\c1cccnc1. The molecule has 3 aromatic rings. The molecule has 0 saturated carbocycles. The van der Waals surface area contributed by atoms with Crippen LogP contribution in [0.3, 0.4) is 0 Å². The molecule has 0 bridgehead atoms. The summed E-state index contributed by atoms with van der Waals surface area (Å²) >= 11 is 0. The van der Waals surface area contributed by atoms with Crippen LogP contribution in [0.2, 0.25) is 0 Å². The van der Waals surface area contributed by atoms with Crippen LogP contribution in [0.15, 0.2) is 89.1 Å². The number of benzene rings is 2. The van der Waals surface area contributed by atoms with Gasteiger partial charge in [-0.1, -0.05) is 36.4 Å². The summed E-state index contributed by atoms with van der Waals surface area (Å²) in [6, 6.07) is 16.7. The van der Waals surface area contributed by atoms with Gasteiger partial charge in [-0.25, -0.2) is 18.2 Å². The minimum absolute atomic E-state index is 0.0544. The first-order chi connectivity index (χ1) is 14.4. The molecule has 0 aliphatic heterocycles. The third kappa shape index (κ3) is 5.79. The number of hydrogen-bond donors (Lipinski definition) is 1. The number of hydrazone groups is 1. The largest absolute Gasteiger partial charge is 0.272 e. The zero-order valence-electron chi connectivity index (χ0n) is 15.8. The molecule has 0 fully saturated rings. The number of hydrogen-bond acceptors (Lipinski definition) is 5. The summed E-state index contributed by atoms with van der Waals surface area (Å²) in [4.78, 5) is 16.3. The van der Waals surface area contributed by atoms with Crippen molar-refractivity contribution in [3.05, 3.63) is 96.1 Å². The molecule has 0 aliphatic carbocycles. The van der Waals surface area contributed by atoms with Gasteiger partial charge in [-0.2, -0.15) is 9.41 Å². The highest BCUT2D eigenvalue weighted by Crippen LogP contribution is 2.18. The lowest BCUT2D eigenvalue weighted by Gasteiger charge is -2.21. The van der Waals surface area contributed by atoms with Crippen molar-refractivity contribution in [2.45, 2.75) is 11.4 Å². The summed E-state index contributed by atoms with van der Waals surface area (Å²) in [7, 11) is -3.96. The van der Waals surface area contributed by atoms with Crippen molar-refractivity contribution in [1.82, 2.24) is 14.7 Å². The number of rotatable bonds is 8. The number of pyridine rings is 1. The van der Waals surface area contributed by atoms with Crippen molar-refractivity contribution in [3.63, 3.8) is 0 Å². The maximum atomic E-state index is 13.2. The third-order valence-electron chi connectivity index (χ3n) is 4.06. The molecule has 1 heterocycles. The van der Waals surface area contributed by atoms with Crippen molar-refractivity contribution in [2.75, 3.05) is 6.54 Å². The van der Waals surface area contributed by atoms with Crippen molar-refractivity contribution in [2.24, 2.45) is 5.10 Å². The summed E-state index contributed by atoms with van der Waals surface area (Å²) in [5, 5.41) is 3.83. The molecule has 0 saturated heterocycles. The van der Waals surface area contributed by atoms with Gasteiger partial charge in [0.05, 0.1) is 17.7 Å². The molecule has 30 heavy (non-hydrogen) atoms. The van der Waals surface area contributed by atoms with Gasteiger partial charge in [0.2, 0.25) is 10.0 Å². The summed E-state index contributed by atoms with van der Waals surface area (Å²) in [6.07, 6.45) is 4.58. The number of carbonyl (C=O) groups is 1. The fourth-order valence-corrected chi connectivity index (χ4v) is 3.99. The normalized spacial score (nSPS) is 11.7. The lowest BCUT2D eigenvalue weighted by molar-refractivity contribution is -0.121. The smallest absolute Gasteiger partial charge is 0.255 e. The maximum absolute atomic E-state index is 13.2. The molecule has 0 aliphatic rings. The standard InChI is InChI=1S/C21H19FN4O3S/c22-19-10-8-17(9-11-19)15-26(30(28,29)20-6-2-1-3-7-20)16-21(27)25-24-14-18-5-4-12-23-13-18/h1-14H,15-16H2,(H,25,27)/b24-14-. The van der Waals surface area contributed by atoms with Gasteiger partial charge >= 0.3 is 0 Å². The third-order valence-corrected chi connectivity index (χ3v) is 5.87. The van der Waals surface area contributed by atoms with Gasteiger partial charge in [0, 0.05) is 24.5 Å². The van der Waals surface area contributed by atoms with Gasteiger partial charge in [-0.05, 0) is 35.9 Å². The minimum Gasteiger partial charge on any atom is -0.272 e. The van der Waals surface area contributed by atoms with Gasteiger partial charge in [-0.15, -0.1) is 0 Å². The Hall–Kier alpha value is -3.43. The first-order valence-electron chi connectivity index (χ1n) is 8.97. The van der Waals surface area contributed by atoms with Gasteiger partial charge in [0.15, 0.2) is 0 Å². The molecule has 1 amide bonds. The summed E-state index contributed by atoms with van der Waals surface area (Å²) in [6.45, 7) is -0.559. The number of halogens is 1. The van der Waals surface area contributed by atoms with Gasteiger partial charge in [-0.3, -0.25) is 9.78 Å². The molecule has 0 atom stereocenters. The molecule has 154 valence electrons. The van der Waals surface area contributed by atoms with Crippen molar-refractivity contribution < 1.29 is 17.6 Å². The molecule has 2 aromatic carbocycles. The molecule has 0 unspecified atom stereocenters. The Labute approximate surface area is 173 Å². The first-order valence-corrected chi connectivity index (χ1v) is 10.4. The Bertz CT molecular complexity index is 1110. The molecular weight excluding hydrogens is 407 g/mol. The number of sulfonamides is 1. The van der Waals surface area contributed by atoms with E-state index in [1.807, 2.05) is 0 Å². The van der Waals surface area contributed by atoms with Crippen LogP contribution in [0.1, 0.15) is 11.1 Å². The molecule has 1 N–H and O–H groups in total. The topological polar surface area (TPSA) is 91.7 Å². The predicted molar refractivity (Wildman–Crippen MR) is 110 cm³/mol. The number of carbonyl (C=O) groups excluding carboxylic acids is 1. The lowest BCUT2D eigenvalue weighted by Crippen LogP contribution is -2.39. The van der Waals surface area contributed by atoms with E-state index in [9.17, 15) is 17.6 Å². The minimum atomic E-state index is -3.96. The van der Waals surface area contributed by atoms with E-state index in [0.29, 0.717) is 11.1 Å². The second-order valence-electron chi connectivity index (χ2n) is 6.29. The van der Waals surface area contributed by atoms with Crippen LogP contribution in [0.25, 0.3) is 0 Å². The Morgan fingerprint density at radius 1 is 1.07 bits per heavy atom. The number of nitrogens with zero attached hydrogens (tertiary/aromatic N) is 3. The zero-order valence-corrected chi connectivity index (χ0v) is 16.7. The number of nitrogens with one attached hydrogen (secondary N) is 1. The van der Waals surface area contributed by atoms with E-state index in [2.05, 4.69) is 15.5 Å². The average Bonchev–Trinajstić information content (AvgIpc) is 2.76. The quantitative estimate of drug-likeness (QED) is 0.443. The van der Waals surface area contributed by atoms with Crippen molar-refractivity contribution in [3.8, 4) is 0 Å². The lowest BCUT2D eigenvalue weighted by atomic mass is 10.2. The molecule has 3 rings (SSSR count). The molecule has 9 heteroatoms. The molecule has 7 nitrogen and oxygen atoms in total. The summed E-state index contributed by atoms with van der Waals surface area (Å²) in [5.74, 6) is -1.05.